The zero-order valence-corrected chi connectivity index (χ0v) is 7.60. The predicted molar refractivity (Wildman–Crippen MR) is 44.6 cm³/mol. The van der Waals surface area contributed by atoms with Crippen LogP contribution in [0.25, 0.3) is 0 Å². The van der Waals surface area contributed by atoms with Gasteiger partial charge in [0.2, 0.25) is 5.78 Å². The molecule has 0 fully saturated rings. The molecule has 0 heterocycles. The molecule has 0 saturated heterocycles. The number of halogens is 4. The summed E-state index contributed by atoms with van der Waals surface area (Å²) in [6, 6.07) is 0. The van der Waals surface area contributed by atoms with Gasteiger partial charge in [0, 0.05) is 11.1 Å². The van der Waals surface area contributed by atoms with E-state index in [4.69, 9.17) is 46.4 Å². The number of ketones is 1. The van der Waals surface area contributed by atoms with Crippen molar-refractivity contribution in [2.24, 2.45) is 0 Å². The van der Waals surface area contributed by atoms with Gasteiger partial charge in [0.15, 0.2) is 0 Å². The molecule has 0 amide bonds. The van der Waals surface area contributed by atoms with E-state index in [1.54, 1.807) is 0 Å². The fourth-order valence-corrected chi connectivity index (χ4v) is 0.663. The van der Waals surface area contributed by atoms with Crippen LogP contribution < -0.4 is 0 Å². The third-order valence-electron chi connectivity index (χ3n) is 0.625. The molecule has 0 aromatic rings. The Hall–Kier alpha value is 0.310. The van der Waals surface area contributed by atoms with Gasteiger partial charge >= 0.3 is 0 Å². The minimum Gasteiger partial charge on any atom is -0.287 e. The molecule has 0 radical (unpaired) electrons. The highest BCUT2D eigenvalue weighted by Gasteiger charge is 2.09. The lowest BCUT2D eigenvalue weighted by molar-refractivity contribution is -0.111. The van der Waals surface area contributed by atoms with Crippen LogP contribution in [-0.4, -0.2) is 5.78 Å². The van der Waals surface area contributed by atoms with Gasteiger partial charge in [-0.25, -0.2) is 0 Å². The summed E-state index contributed by atoms with van der Waals surface area (Å²) >= 11 is 20.8. The Morgan fingerprint density at radius 1 is 1.00 bits per heavy atom. The molecule has 0 N–H and O–H groups in total. The molecule has 0 aliphatic heterocycles. The number of Topliss-reactive ketones (excluding diaryl/α,β-unsaturated/α-hetero) is 1. The van der Waals surface area contributed by atoms with E-state index in [-0.39, 0.29) is 10.1 Å². The average Bonchev–Trinajstić information content (AvgIpc) is 2.00. The third kappa shape index (κ3) is 2.93. The Morgan fingerprint density at radius 2 is 1.30 bits per heavy atom. The zero-order chi connectivity index (χ0) is 8.15. The third-order valence-corrected chi connectivity index (χ3v) is 1.85. The van der Waals surface area contributed by atoms with Gasteiger partial charge in [0.1, 0.15) is 10.1 Å². The first-order chi connectivity index (χ1) is 4.63. The summed E-state index contributed by atoms with van der Waals surface area (Å²) in [4.78, 5) is 10.7. The van der Waals surface area contributed by atoms with E-state index in [1.165, 1.54) is 0 Å². The maximum atomic E-state index is 10.7. The van der Waals surface area contributed by atoms with Gasteiger partial charge in [-0.15, -0.1) is 0 Å². The van der Waals surface area contributed by atoms with Crippen LogP contribution in [0.5, 0.6) is 0 Å². The second-order valence-corrected chi connectivity index (χ2v) is 2.49. The lowest BCUT2D eigenvalue weighted by Gasteiger charge is -1.91. The first kappa shape index (κ1) is 10.3. The van der Waals surface area contributed by atoms with Gasteiger partial charge in [-0.3, -0.25) is 4.79 Å². The largest absolute Gasteiger partial charge is 0.287 e. The average molecular weight is 220 g/mol. The fourth-order valence-electron chi connectivity index (χ4n) is 0.213. The molecule has 0 aliphatic rings. The second-order valence-electron chi connectivity index (χ2n) is 1.24. The number of allylic oxidation sites excluding steroid dienone is 2. The van der Waals surface area contributed by atoms with Crippen LogP contribution in [0.3, 0.4) is 0 Å². The van der Waals surface area contributed by atoms with Crippen LogP contribution in [0.1, 0.15) is 0 Å². The molecule has 0 aromatic carbocycles. The lowest BCUT2D eigenvalue weighted by Crippen LogP contribution is -1.95. The van der Waals surface area contributed by atoms with Crippen molar-refractivity contribution in [2.75, 3.05) is 0 Å². The molecule has 0 atom stereocenters. The molecule has 5 heteroatoms. The molecule has 0 aromatic heterocycles. The van der Waals surface area contributed by atoms with Crippen LogP contribution >= 0.6 is 46.4 Å². The van der Waals surface area contributed by atoms with Gasteiger partial charge in [0.25, 0.3) is 0 Å². The molecular weight excluding hydrogens is 218 g/mol. The van der Waals surface area contributed by atoms with Crippen molar-refractivity contribution in [3.8, 4) is 0 Å². The molecule has 0 saturated carbocycles. The van der Waals surface area contributed by atoms with E-state index >= 15 is 0 Å². The van der Waals surface area contributed by atoms with Crippen molar-refractivity contribution in [2.45, 2.75) is 0 Å². The Labute approximate surface area is 78.2 Å². The Kier molecular flexibility index (Phi) is 5.18. The second kappa shape index (κ2) is 5.03. The van der Waals surface area contributed by atoms with Gasteiger partial charge in [0.05, 0.1) is 0 Å². The standard InChI is InChI=1S/C5H2Cl4O/c6-1-3(8)5(10)4(9)2-7/h1-2H/b3-1-,4-2-. The summed E-state index contributed by atoms with van der Waals surface area (Å²) in [5, 5.41) is -0.327. The first-order valence-corrected chi connectivity index (χ1v) is 3.72. The maximum absolute atomic E-state index is 10.7. The first-order valence-electron chi connectivity index (χ1n) is 2.10. The fraction of sp³-hybridized carbons (Fsp3) is 0. The van der Waals surface area contributed by atoms with Gasteiger partial charge in [-0.1, -0.05) is 46.4 Å². The normalized spacial score (nSPS) is 13.6. The summed E-state index contributed by atoms with van der Waals surface area (Å²) in [6.45, 7) is 0. The minimum absolute atomic E-state index is 0.163. The van der Waals surface area contributed by atoms with Gasteiger partial charge in [-0.05, 0) is 0 Å². The van der Waals surface area contributed by atoms with E-state index in [2.05, 4.69) is 0 Å². The van der Waals surface area contributed by atoms with Crippen molar-refractivity contribution in [3.63, 3.8) is 0 Å². The van der Waals surface area contributed by atoms with E-state index < -0.39 is 5.78 Å². The highest BCUT2D eigenvalue weighted by molar-refractivity contribution is 6.57. The molecule has 0 bridgehead atoms. The highest BCUT2D eigenvalue weighted by atomic mass is 35.5. The van der Waals surface area contributed by atoms with Gasteiger partial charge < -0.3 is 0 Å². The van der Waals surface area contributed by atoms with Crippen molar-refractivity contribution in [1.82, 2.24) is 0 Å². The van der Waals surface area contributed by atoms with Crippen LogP contribution in [0.2, 0.25) is 0 Å². The smallest absolute Gasteiger partial charge is 0.217 e. The van der Waals surface area contributed by atoms with Crippen molar-refractivity contribution < 1.29 is 4.79 Å². The molecule has 56 valence electrons. The summed E-state index contributed by atoms with van der Waals surface area (Å²) in [5.74, 6) is -0.590. The number of hydrogen-bond acceptors (Lipinski definition) is 1. The van der Waals surface area contributed by atoms with E-state index in [0.29, 0.717) is 0 Å². The summed E-state index contributed by atoms with van der Waals surface area (Å²) in [5.41, 5.74) is 1.85. The topological polar surface area (TPSA) is 17.1 Å². The van der Waals surface area contributed by atoms with E-state index in [9.17, 15) is 4.79 Å². The zero-order valence-electron chi connectivity index (χ0n) is 4.57. The number of rotatable bonds is 2. The summed E-state index contributed by atoms with van der Waals surface area (Å²) < 4.78 is 0. The molecule has 0 aliphatic carbocycles. The Morgan fingerprint density at radius 3 is 1.50 bits per heavy atom. The van der Waals surface area contributed by atoms with Gasteiger partial charge in [-0.2, -0.15) is 0 Å². The summed E-state index contributed by atoms with van der Waals surface area (Å²) in [7, 11) is 0. The lowest BCUT2D eigenvalue weighted by atomic mass is 10.4. The predicted octanol–water partition coefficient (Wildman–Crippen LogP) is 3.19. The Bertz CT molecular complexity index is 174. The SMILES string of the molecule is O=C(/C(Cl)=C/Cl)/C(Cl)=C/Cl. The van der Waals surface area contributed by atoms with Crippen LogP contribution in [0.15, 0.2) is 21.1 Å². The van der Waals surface area contributed by atoms with Crippen molar-refractivity contribution >= 4 is 52.2 Å². The molecule has 0 spiro atoms. The number of carbonyl (C=O) groups is 1. The molecule has 0 unspecified atom stereocenters. The van der Waals surface area contributed by atoms with Crippen LogP contribution in [-0.2, 0) is 4.79 Å². The molecule has 10 heavy (non-hydrogen) atoms. The quantitative estimate of drug-likeness (QED) is 0.653. The highest BCUT2D eigenvalue weighted by Crippen LogP contribution is 2.15. The van der Waals surface area contributed by atoms with E-state index in [0.717, 1.165) is 11.1 Å². The number of hydrogen-bond donors (Lipinski definition) is 0. The molecular formula is C5H2Cl4O. The van der Waals surface area contributed by atoms with Crippen LogP contribution in [0, 0.1) is 0 Å². The van der Waals surface area contributed by atoms with Crippen molar-refractivity contribution in [1.29, 1.82) is 0 Å². The monoisotopic (exact) mass is 218 g/mol. The Balaban J connectivity index is 4.39. The van der Waals surface area contributed by atoms with E-state index in [1.807, 2.05) is 0 Å². The maximum Gasteiger partial charge on any atom is 0.217 e. The molecule has 1 nitrogen and oxygen atoms in total. The number of carbonyl (C=O) groups excluding carboxylic acids is 1. The molecule has 0 rings (SSSR count). The summed E-state index contributed by atoms with van der Waals surface area (Å²) in [6.07, 6.45) is 0. The minimum atomic E-state index is -0.590. The van der Waals surface area contributed by atoms with Crippen LogP contribution in [0.4, 0.5) is 0 Å². The van der Waals surface area contributed by atoms with Crippen molar-refractivity contribution in [3.05, 3.63) is 21.1 Å².